The highest BCUT2D eigenvalue weighted by Crippen LogP contribution is 2.16. The second kappa shape index (κ2) is 12.7. The number of carbonyl (C=O) groups excluding carboxylic acids is 2. The molecule has 0 fully saturated rings. The highest BCUT2D eigenvalue weighted by atomic mass is 79.9. The highest BCUT2D eigenvalue weighted by molar-refractivity contribution is 9.08. The number of rotatable bonds is 6. The molecule has 2 aromatic rings. The zero-order chi connectivity index (χ0) is 21.1. The Morgan fingerprint density at radius 1 is 0.821 bits per heavy atom. The summed E-state index contributed by atoms with van der Waals surface area (Å²) in [6.07, 6.45) is 0. The van der Waals surface area contributed by atoms with Crippen LogP contribution in [0.1, 0.15) is 56.8 Å². The molecule has 0 aliphatic carbocycles. The van der Waals surface area contributed by atoms with Gasteiger partial charge in [-0.25, -0.2) is 9.59 Å². The monoisotopic (exact) mass is 512 g/mol. The molecule has 0 spiro atoms. The molecule has 0 bridgehead atoms. The van der Waals surface area contributed by atoms with Crippen molar-refractivity contribution < 1.29 is 19.1 Å². The lowest BCUT2D eigenvalue weighted by Crippen LogP contribution is -2.07. The molecule has 28 heavy (non-hydrogen) atoms. The molecular formula is C22H26Br2O4. The molecule has 0 atom stereocenters. The van der Waals surface area contributed by atoms with E-state index in [9.17, 15) is 9.59 Å². The van der Waals surface area contributed by atoms with E-state index in [4.69, 9.17) is 9.47 Å². The van der Waals surface area contributed by atoms with Gasteiger partial charge in [-0.1, -0.05) is 61.7 Å². The quantitative estimate of drug-likeness (QED) is 0.344. The number of ether oxygens (including phenoxy) is 2. The maximum absolute atomic E-state index is 11.5. The Kier molecular flexibility index (Phi) is 11.1. The predicted octanol–water partition coefficient (Wildman–Crippen LogP) is 6.13. The summed E-state index contributed by atoms with van der Waals surface area (Å²) in [5.74, 6) is -0.488. The van der Waals surface area contributed by atoms with E-state index < -0.39 is 0 Å². The van der Waals surface area contributed by atoms with Crippen LogP contribution in [0.3, 0.4) is 0 Å². The van der Waals surface area contributed by atoms with E-state index in [0.717, 1.165) is 27.6 Å². The number of carbonyl (C=O) groups is 2. The first-order chi connectivity index (χ1) is 13.4. The number of halogens is 2. The average Bonchev–Trinajstić information content (AvgIpc) is 2.69. The summed E-state index contributed by atoms with van der Waals surface area (Å²) in [6.45, 7) is 8.30. The van der Waals surface area contributed by atoms with Gasteiger partial charge in [-0.3, -0.25) is 0 Å². The fourth-order valence-corrected chi connectivity index (χ4v) is 3.22. The van der Waals surface area contributed by atoms with Crippen molar-refractivity contribution in [3.05, 3.63) is 69.8 Å². The maximum Gasteiger partial charge on any atom is 0.338 e. The van der Waals surface area contributed by atoms with Crippen LogP contribution in [-0.2, 0) is 20.1 Å². The minimum Gasteiger partial charge on any atom is -0.462 e. The minimum atomic E-state index is -0.245. The first kappa shape index (κ1) is 24.4. The lowest BCUT2D eigenvalue weighted by Gasteiger charge is -2.07. The molecule has 0 aromatic heterocycles. The molecule has 4 nitrogen and oxygen atoms in total. The summed E-state index contributed by atoms with van der Waals surface area (Å²) >= 11 is 6.70. The van der Waals surface area contributed by atoms with Crippen LogP contribution in [0, 0.1) is 13.8 Å². The molecule has 2 rings (SSSR count). The van der Waals surface area contributed by atoms with Crippen LogP contribution in [-0.4, -0.2) is 25.2 Å². The molecule has 2 aromatic carbocycles. The second-order valence-electron chi connectivity index (χ2n) is 6.02. The van der Waals surface area contributed by atoms with Gasteiger partial charge >= 0.3 is 11.9 Å². The van der Waals surface area contributed by atoms with E-state index in [2.05, 4.69) is 31.9 Å². The summed E-state index contributed by atoms with van der Waals surface area (Å²) in [6, 6.07) is 11.6. The predicted molar refractivity (Wildman–Crippen MR) is 120 cm³/mol. The smallest absolute Gasteiger partial charge is 0.338 e. The van der Waals surface area contributed by atoms with Gasteiger partial charge in [0.15, 0.2) is 0 Å². The van der Waals surface area contributed by atoms with Crippen LogP contribution in [0.4, 0.5) is 0 Å². The number of hydrogen-bond donors (Lipinski definition) is 0. The molecule has 6 heteroatoms. The first-order valence-electron chi connectivity index (χ1n) is 9.03. The summed E-state index contributed by atoms with van der Waals surface area (Å²) in [4.78, 5) is 23.0. The lowest BCUT2D eigenvalue weighted by molar-refractivity contribution is 0.0515. The third-order valence-electron chi connectivity index (χ3n) is 3.86. The van der Waals surface area contributed by atoms with Crippen molar-refractivity contribution in [3.8, 4) is 0 Å². The third-order valence-corrected chi connectivity index (χ3v) is 5.11. The van der Waals surface area contributed by atoms with E-state index in [1.807, 2.05) is 64.1 Å². The Balaban J connectivity index is 0.000000280. The number of aryl methyl sites for hydroxylation is 2. The molecule has 0 heterocycles. The molecule has 0 saturated heterocycles. The van der Waals surface area contributed by atoms with Crippen molar-refractivity contribution in [2.24, 2.45) is 0 Å². The van der Waals surface area contributed by atoms with Gasteiger partial charge in [0.05, 0.1) is 24.3 Å². The summed E-state index contributed by atoms with van der Waals surface area (Å²) < 4.78 is 9.92. The lowest BCUT2D eigenvalue weighted by atomic mass is 10.1. The molecule has 0 saturated carbocycles. The topological polar surface area (TPSA) is 52.6 Å². The fraction of sp³-hybridized carbons (Fsp3) is 0.364. The Hall–Kier alpha value is -1.66. The zero-order valence-electron chi connectivity index (χ0n) is 16.7. The van der Waals surface area contributed by atoms with Crippen LogP contribution in [0.2, 0.25) is 0 Å². The van der Waals surface area contributed by atoms with Crippen LogP contribution in [0.25, 0.3) is 0 Å². The first-order valence-corrected chi connectivity index (χ1v) is 11.3. The molecular weight excluding hydrogens is 488 g/mol. The van der Waals surface area contributed by atoms with E-state index in [-0.39, 0.29) is 11.9 Å². The highest BCUT2D eigenvalue weighted by Gasteiger charge is 2.11. The van der Waals surface area contributed by atoms with Crippen LogP contribution < -0.4 is 0 Å². The Morgan fingerprint density at radius 2 is 1.43 bits per heavy atom. The number of alkyl halides is 2. The fourth-order valence-electron chi connectivity index (χ4n) is 2.39. The average molecular weight is 514 g/mol. The summed E-state index contributed by atoms with van der Waals surface area (Å²) in [5, 5.41) is 1.42. The van der Waals surface area contributed by atoms with E-state index in [0.29, 0.717) is 29.7 Å². The Labute approximate surface area is 183 Å². The molecule has 0 aliphatic rings. The van der Waals surface area contributed by atoms with Gasteiger partial charge in [-0.15, -0.1) is 0 Å². The minimum absolute atomic E-state index is 0.243. The van der Waals surface area contributed by atoms with Crippen LogP contribution in [0.15, 0.2) is 36.4 Å². The van der Waals surface area contributed by atoms with Crippen molar-refractivity contribution in [1.82, 2.24) is 0 Å². The molecule has 0 N–H and O–H groups in total. The molecule has 0 amide bonds. The van der Waals surface area contributed by atoms with Crippen molar-refractivity contribution in [2.45, 2.75) is 38.4 Å². The van der Waals surface area contributed by atoms with E-state index >= 15 is 0 Å². The van der Waals surface area contributed by atoms with Gasteiger partial charge in [0, 0.05) is 10.7 Å². The van der Waals surface area contributed by atoms with Gasteiger partial charge in [-0.2, -0.15) is 0 Å². The van der Waals surface area contributed by atoms with Gasteiger partial charge in [0.2, 0.25) is 0 Å². The number of esters is 2. The van der Waals surface area contributed by atoms with Gasteiger partial charge in [0.1, 0.15) is 0 Å². The van der Waals surface area contributed by atoms with E-state index in [1.165, 1.54) is 0 Å². The van der Waals surface area contributed by atoms with E-state index in [1.54, 1.807) is 0 Å². The standard InChI is InChI=1S/2C11H13BrO2/c1-3-14-11(13)10-6-9(7-12)5-4-8(10)2;1-3-14-11(13)10-6-8(2)4-5-9(10)7-12/h2*4-6H,3,7H2,1-2H3. The SMILES string of the molecule is CCOC(=O)c1cc(C)ccc1CBr.CCOC(=O)c1cc(CBr)ccc1C. The summed E-state index contributed by atoms with van der Waals surface area (Å²) in [7, 11) is 0. The largest absolute Gasteiger partial charge is 0.462 e. The van der Waals surface area contributed by atoms with Gasteiger partial charge in [-0.05, 0) is 56.5 Å². The Morgan fingerprint density at radius 3 is 1.96 bits per heavy atom. The maximum atomic E-state index is 11.5. The van der Waals surface area contributed by atoms with Crippen LogP contribution in [0.5, 0.6) is 0 Å². The van der Waals surface area contributed by atoms with Gasteiger partial charge in [0.25, 0.3) is 0 Å². The van der Waals surface area contributed by atoms with Crippen LogP contribution >= 0.6 is 31.9 Å². The van der Waals surface area contributed by atoms with Gasteiger partial charge < -0.3 is 9.47 Å². The normalized spacial score (nSPS) is 9.93. The number of benzene rings is 2. The third kappa shape index (κ3) is 7.40. The molecule has 0 radical (unpaired) electrons. The molecule has 0 aliphatic heterocycles. The molecule has 152 valence electrons. The van der Waals surface area contributed by atoms with Crippen molar-refractivity contribution in [2.75, 3.05) is 13.2 Å². The van der Waals surface area contributed by atoms with Crippen molar-refractivity contribution in [3.63, 3.8) is 0 Å². The number of hydrogen-bond acceptors (Lipinski definition) is 4. The molecule has 0 unspecified atom stereocenters. The summed E-state index contributed by atoms with van der Waals surface area (Å²) in [5.41, 5.74) is 5.38. The second-order valence-corrected chi connectivity index (χ2v) is 7.14. The Bertz CT molecular complexity index is 803. The van der Waals surface area contributed by atoms with Crippen molar-refractivity contribution >= 4 is 43.8 Å². The zero-order valence-corrected chi connectivity index (χ0v) is 19.9. The van der Waals surface area contributed by atoms with Crippen molar-refractivity contribution in [1.29, 1.82) is 0 Å².